The zero-order valence-corrected chi connectivity index (χ0v) is 7.81. The third-order valence-corrected chi connectivity index (χ3v) is 1.86. The highest BCUT2D eigenvalue weighted by molar-refractivity contribution is 5.82. The Kier molecular flexibility index (Phi) is 3.88. The smallest absolute Gasteiger partial charge is 0.153 e. The number of carbonyl (C=O) groups excluding carboxylic acids is 1. The van der Waals surface area contributed by atoms with Crippen molar-refractivity contribution >= 4 is 12.4 Å². The Labute approximate surface area is 82.9 Å². The van der Waals surface area contributed by atoms with Gasteiger partial charge in [0.1, 0.15) is 5.75 Å². The first-order valence-electron chi connectivity index (χ1n) is 4.43. The van der Waals surface area contributed by atoms with Gasteiger partial charge in [-0.2, -0.15) is 0 Å². The van der Waals surface area contributed by atoms with Crippen LogP contribution in [0.25, 0.3) is 6.08 Å². The van der Waals surface area contributed by atoms with Gasteiger partial charge in [-0.3, -0.25) is 4.79 Å². The summed E-state index contributed by atoms with van der Waals surface area (Å²) in [6.45, 7) is 0.574. The molecule has 0 aliphatic rings. The Balaban J connectivity index is 2.92. The average molecular weight is 191 g/mol. The molecule has 1 aromatic carbocycles. The summed E-state index contributed by atoms with van der Waals surface area (Å²) in [6.07, 6.45) is 5.01. The van der Waals surface area contributed by atoms with Crippen molar-refractivity contribution in [1.29, 1.82) is 0 Å². The van der Waals surface area contributed by atoms with Crippen LogP contribution in [0, 0.1) is 0 Å². The molecule has 0 aliphatic carbocycles. The highest BCUT2D eigenvalue weighted by atomic mass is 16.3. The summed E-state index contributed by atoms with van der Waals surface area (Å²) in [6, 6.07) is 5.05. The van der Waals surface area contributed by atoms with Gasteiger partial charge < -0.3 is 10.8 Å². The van der Waals surface area contributed by atoms with Crippen molar-refractivity contribution in [2.45, 2.75) is 6.42 Å². The van der Waals surface area contributed by atoms with Crippen LogP contribution in [0.5, 0.6) is 5.75 Å². The predicted molar refractivity (Wildman–Crippen MR) is 56.2 cm³/mol. The fourth-order valence-corrected chi connectivity index (χ4v) is 1.12. The van der Waals surface area contributed by atoms with Crippen molar-refractivity contribution in [3.63, 3.8) is 0 Å². The Morgan fingerprint density at radius 2 is 2.07 bits per heavy atom. The lowest BCUT2D eigenvalue weighted by molar-refractivity contribution is 0.112. The Bertz CT molecular complexity index is 345. The molecule has 0 bridgehead atoms. The summed E-state index contributed by atoms with van der Waals surface area (Å²) in [7, 11) is 0. The van der Waals surface area contributed by atoms with Crippen molar-refractivity contribution in [3.05, 3.63) is 35.4 Å². The van der Waals surface area contributed by atoms with Gasteiger partial charge >= 0.3 is 0 Å². The summed E-state index contributed by atoms with van der Waals surface area (Å²) in [5.41, 5.74) is 6.26. The van der Waals surface area contributed by atoms with E-state index in [1.807, 2.05) is 6.08 Å². The molecule has 0 amide bonds. The standard InChI is InChI=1S/C11H13NO2/c12-7-2-1-4-9-5-3-6-10(8-13)11(9)14/h1,3-6,8,14H,2,7,12H2. The molecule has 1 aromatic rings. The van der Waals surface area contributed by atoms with E-state index in [4.69, 9.17) is 5.73 Å². The number of hydrogen-bond donors (Lipinski definition) is 2. The molecule has 0 unspecified atom stereocenters. The van der Waals surface area contributed by atoms with Crippen molar-refractivity contribution in [3.8, 4) is 5.75 Å². The van der Waals surface area contributed by atoms with Crippen molar-refractivity contribution in [2.75, 3.05) is 6.54 Å². The van der Waals surface area contributed by atoms with E-state index in [9.17, 15) is 9.90 Å². The molecule has 3 nitrogen and oxygen atoms in total. The lowest BCUT2D eigenvalue weighted by Gasteiger charge is -2.00. The first-order valence-corrected chi connectivity index (χ1v) is 4.43. The van der Waals surface area contributed by atoms with Crippen molar-refractivity contribution in [1.82, 2.24) is 0 Å². The minimum atomic E-state index is 0.0239. The number of nitrogens with two attached hydrogens (primary N) is 1. The molecule has 3 heteroatoms. The third kappa shape index (κ3) is 2.44. The second-order valence-electron chi connectivity index (χ2n) is 2.88. The normalized spacial score (nSPS) is 10.6. The van der Waals surface area contributed by atoms with Crippen LogP contribution in [-0.2, 0) is 0 Å². The summed E-state index contributed by atoms with van der Waals surface area (Å²) in [4.78, 5) is 10.5. The molecule has 3 N–H and O–H groups in total. The van der Waals surface area contributed by atoms with Gasteiger partial charge in [-0.15, -0.1) is 0 Å². The summed E-state index contributed by atoms with van der Waals surface area (Å²) in [5, 5.41) is 9.57. The van der Waals surface area contributed by atoms with E-state index in [0.717, 1.165) is 6.42 Å². The summed E-state index contributed by atoms with van der Waals surface area (Å²) in [5.74, 6) is 0.0239. The molecule has 74 valence electrons. The number of aromatic hydroxyl groups is 1. The summed E-state index contributed by atoms with van der Waals surface area (Å²) < 4.78 is 0. The number of para-hydroxylation sites is 1. The van der Waals surface area contributed by atoms with Gasteiger partial charge in [0.05, 0.1) is 5.56 Å². The van der Waals surface area contributed by atoms with Gasteiger partial charge in [-0.05, 0) is 19.0 Å². The van der Waals surface area contributed by atoms with E-state index >= 15 is 0 Å². The maximum atomic E-state index is 10.5. The molecule has 0 aromatic heterocycles. The van der Waals surface area contributed by atoms with Gasteiger partial charge in [-0.1, -0.05) is 24.3 Å². The maximum Gasteiger partial charge on any atom is 0.153 e. The fourth-order valence-electron chi connectivity index (χ4n) is 1.12. The van der Waals surface area contributed by atoms with Crippen LogP contribution < -0.4 is 5.73 Å². The SMILES string of the molecule is NCCC=Cc1cccc(C=O)c1O. The fraction of sp³-hybridized carbons (Fsp3) is 0.182. The topological polar surface area (TPSA) is 63.3 Å². The van der Waals surface area contributed by atoms with E-state index in [1.165, 1.54) is 0 Å². The first-order chi connectivity index (χ1) is 6.79. The molecular formula is C11H13NO2. The maximum absolute atomic E-state index is 10.5. The second kappa shape index (κ2) is 5.19. The van der Waals surface area contributed by atoms with Gasteiger partial charge in [0.15, 0.2) is 6.29 Å². The van der Waals surface area contributed by atoms with Crippen LogP contribution in [0.3, 0.4) is 0 Å². The molecule has 0 fully saturated rings. The lowest BCUT2D eigenvalue weighted by atomic mass is 10.1. The van der Waals surface area contributed by atoms with Crippen LogP contribution >= 0.6 is 0 Å². The van der Waals surface area contributed by atoms with Crippen LogP contribution in [-0.4, -0.2) is 17.9 Å². The quantitative estimate of drug-likeness (QED) is 0.710. The second-order valence-corrected chi connectivity index (χ2v) is 2.88. The highest BCUT2D eigenvalue weighted by Crippen LogP contribution is 2.22. The van der Waals surface area contributed by atoms with E-state index in [2.05, 4.69) is 0 Å². The van der Waals surface area contributed by atoms with Gasteiger partial charge in [0.25, 0.3) is 0 Å². The third-order valence-electron chi connectivity index (χ3n) is 1.86. The molecule has 0 atom stereocenters. The van der Waals surface area contributed by atoms with E-state index in [1.54, 1.807) is 24.3 Å². The van der Waals surface area contributed by atoms with Gasteiger partial charge in [0, 0.05) is 5.56 Å². The number of phenols is 1. The zero-order valence-electron chi connectivity index (χ0n) is 7.81. The first kappa shape index (κ1) is 10.5. The largest absolute Gasteiger partial charge is 0.507 e. The number of hydrogen-bond acceptors (Lipinski definition) is 3. The van der Waals surface area contributed by atoms with Crippen molar-refractivity contribution < 1.29 is 9.90 Å². The Morgan fingerprint density at radius 3 is 2.71 bits per heavy atom. The molecule has 0 radical (unpaired) electrons. The Morgan fingerprint density at radius 1 is 1.36 bits per heavy atom. The monoisotopic (exact) mass is 191 g/mol. The molecule has 14 heavy (non-hydrogen) atoms. The van der Waals surface area contributed by atoms with Crippen molar-refractivity contribution in [2.24, 2.45) is 5.73 Å². The van der Waals surface area contributed by atoms with Crippen LogP contribution in [0.4, 0.5) is 0 Å². The number of phenolic OH excluding ortho intramolecular Hbond substituents is 1. The van der Waals surface area contributed by atoms with Crippen LogP contribution in [0.2, 0.25) is 0 Å². The van der Waals surface area contributed by atoms with E-state index < -0.39 is 0 Å². The lowest BCUT2D eigenvalue weighted by Crippen LogP contribution is -1.95. The number of aldehydes is 1. The van der Waals surface area contributed by atoms with Crippen LogP contribution in [0.15, 0.2) is 24.3 Å². The minimum absolute atomic E-state index is 0.0239. The molecule has 0 heterocycles. The molecule has 1 rings (SSSR count). The average Bonchev–Trinajstić information content (AvgIpc) is 2.21. The molecular weight excluding hydrogens is 178 g/mol. The predicted octanol–water partition coefficient (Wildman–Crippen LogP) is 1.57. The van der Waals surface area contributed by atoms with Gasteiger partial charge in [0.2, 0.25) is 0 Å². The number of rotatable bonds is 4. The van der Waals surface area contributed by atoms with E-state index in [0.29, 0.717) is 24.0 Å². The number of carbonyl (C=O) groups is 1. The molecule has 0 saturated carbocycles. The highest BCUT2D eigenvalue weighted by Gasteiger charge is 2.02. The molecule has 0 spiro atoms. The number of benzene rings is 1. The summed E-state index contributed by atoms with van der Waals surface area (Å²) >= 11 is 0. The van der Waals surface area contributed by atoms with Gasteiger partial charge in [-0.25, -0.2) is 0 Å². The minimum Gasteiger partial charge on any atom is -0.507 e. The Hall–Kier alpha value is -1.61. The van der Waals surface area contributed by atoms with Crippen LogP contribution in [0.1, 0.15) is 22.3 Å². The molecule has 0 aliphatic heterocycles. The zero-order chi connectivity index (χ0) is 10.4. The molecule has 0 saturated heterocycles. The van der Waals surface area contributed by atoms with E-state index in [-0.39, 0.29) is 5.75 Å².